The Morgan fingerprint density at radius 2 is 1.53 bits per heavy atom. The van der Waals surface area contributed by atoms with Gasteiger partial charge < -0.3 is 19.9 Å². The van der Waals surface area contributed by atoms with Gasteiger partial charge in [0.05, 0.1) is 14.2 Å². The topological polar surface area (TPSA) is 79.5 Å². The van der Waals surface area contributed by atoms with E-state index >= 15 is 0 Å². The molecule has 0 radical (unpaired) electrons. The van der Waals surface area contributed by atoms with Crippen LogP contribution in [0.5, 0.6) is 17.5 Å². The minimum atomic E-state index is -3.32. The van der Waals surface area contributed by atoms with Gasteiger partial charge in [-0.05, 0) is 0 Å². The van der Waals surface area contributed by atoms with Gasteiger partial charge in [-0.1, -0.05) is 0 Å². The largest absolute Gasteiger partial charge is 0.478 e. The molecular weight excluding hydrogens is 243 g/mol. The van der Waals surface area contributed by atoms with Gasteiger partial charge in [-0.2, -0.15) is 14.4 Å². The average molecular weight is 253 g/mol. The first-order valence-electron chi connectivity index (χ1n) is 4.34. The Balaban J connectivity index is 3.10. The summed E-state index contributed by atoms with van der Waals surface area (Å²) < 4.78 is 50.5. The van der Waals surface area contributed by atoms with E-state index in [1.54, 1.807) is 0 Å². The molecule has 1 aromatic heterocycles. The number of halogens is 3. The van der Waals surface area contributed by atoms with Crippen LogP contribution in [-0.4, -0.2) is 37.0 Å². The van der Waals surface area contributed by atoms with Crippen molar-refractivity contribution >= 4 is 5.95 Å². The summed E-state index contributed by atoms with van der Waals surface area (Å²) in [5, 5.41) is 0. The van der Waals surface area contributed by atoms with Crippen LogP contribution >= 0.6 is 0 Å². The van der Waals surface area contributed by atoms with E-state index in [2.05, 4.69) is 14.7 Å². The van der Waals surface area contributed by atoms with Crippen molar-refractivity contribution in [3.8, 4) is 17.5 Å². The maximum Gasteiger partial charge on any atom is 0.304 e. The Morgan fingerprint density at radius 1 is 1.06 bits per heavy atom. The van der Waals surface area contributed by atoms with Gasteiger partial charge in [-0.15, -0.1) is 0 Å². The lowest BCUT2D eigenvalue weighted by Crippen LogP contribution is -2.21. The smallest absolute Gasteiger partial charge is 0.304 e. The van der Waals surface area contributed by atoms with Crippen LogP contribution in [0.25, 0.3) is 0 Å². The van der Waals surface area contributed by atoms with Gasteiger partial charge in [-0.25, -0.2) is 8.78 Å². The second kappa shape index (κ2) is 5.41. The van der Waals surface area contributed by atoms with E-state index in [1.807, 2.05) is 0 Å². The summed E-state index contributed by atoms with van der Waals surface area (Å²) in [5.74, 6) is -1.29. The molecule has 0 aromatic carbocycles. The summed E-state index contributed by atoms with van der Waals surface area (Å²) in [6, 6.07) is 0. The summed E-state index contributed by atoms with van der Waals surface area (Å²) >= 11 is 0. The molecule has 1 unspecified atom stereocenters. The molecule has 0 aliphatic carbocycles. The SMILES string of the molecule is COc1nc(N)nc(OC)c1OC(F)C(F)F. The highest BCUT2D eigenvalue weighted by atomic mass is 19.3. The number of methoxy groups -OCH3 is 2. The summed E-state index contributed by atoms with van der Waals surface area (Å²) in [7, 11) is 2.37. The molecule has 0 fully saturated rings. The van der Waals surface area contributed by atoms with E-state index in [0.29, 0.717) is 0 Å². The first kappa shape index (κ1) is 13.1. The zero-order valence-corrected chi connectivity index (χ0v) is 8.99. The van der Waals surface area contributed by atoms with Crippen LogP contribution in [0.15, 0.2) is 0 Å². The Labute approximate surface area is 94.5 Å². The number of hydrogen-bond donors (Lipinski definition) is 1. The predicted molar refractivity (Wildman–Crippen MR) is 51.1 cm³/mol. The molecular formula is C8H10F3N3O3. The van der Waals surface area contributed by atoms with Gasteiger partial charge in [0.1, 0.15) is 0 Å². The summed E-state index contributed by atoms with van der Waals surface area (Å²) in [6.07, 6.45) is -6.16. The third-order valence-electron chi connectivity index (χ3n) is 1.64. The molecule has 17 heavy (non-hydrogen) atoms. The Kier molecular flexibility index (Phi) is 4.18. The number of ether oxygens (including phenoxy) is 3. The molecule has 1 heterocycles. The summed E-state index contributed by atoms with van der Waals surface area (Å²) in [4.78, 5) is 7.08. The van der Waals surface area contributed by atoms with E-state index < -0.39 is 18.5 Å². The van der Waals surface area contributed by atoms with E-state index in [0.717, 1.165) is 0 Å². The van der Waals surface area contributed by atoms with Crippen LogP contribution in [-0.2, 0) is 0 Å². The molecule has 1 atom stereocenters. The molecule has 1 aromatic rings. The standard InChI is InChI=1S/C8H10F3N3O3/c1-15-6-3(17-5(11)4(9)10)7(16-2)14-8(12)13-6/h4-5H,1-2H3,(H2,12,13,14). The third-order valence-corrected chi connectivity index (χ3v) is 1.64. The minimum absolute atomic E-state index is 0.224. The van der Waals surface area contributed by atoms with Crippen molar-refractivity contribution in [1.29, 1.82) is 0 Å². The van der Waals surface area contributed by atoms with Crippen molar-refractivity contribution in [2.45, 2.75) is 12.8 Å². The van der Waals surface area contributed by atoms with E-state index in [4.69, 9.17) is 15.2 Å². The van der Waals surface area contributed by atoms with Crippen molar-refractivity contribution in [3.63, 3.8) is 0 Å². The number of nitrogen functional groups attached to an aromatic ring is 1. The fourth-order valence-corrected chi connectivity index (χ4v) is 0.968. The molecule has 0 aliphatic heterocycles. The van der Waals surface area contributed by atoms with Crippen LogP contribution in [0.4, 0.5) is 19.1 Å². The van der Waals surface area contributed by atoms with Gasteiger partial charge in [0.25, 0.3) is 18.1 Å². The molecule has 6 nitrogen and oxygen atoms in total. The molecule has 0 saturated carbocycles. The van der Waals surface area contributed by atoms with Gasteiger partial charge in [0.2, 0.25) is 11.7 Å². The zero-order valence-electron chi connectivity index (χ0n) is 8.99. The number of rotatable bonds is 5. The average Bonchev–Trinajstić information content (AvgIpc) is 2.30. The van der Waals surface area contributed by atoms with Crippen molar-refractivity contribution in [2.24, 2.45) is 0 Å². The maximum absolute atomic E-state index is 12.8. The van der Waals surface area contributed by atoms with Crippen molar-refractivity contribution < 1.29 is 27.4 Å². The summed E-state index contributed by atoms with van der Waals surface area (Å²) in [6.45, 7) is 0. The quantitative estimate of drug-likeness (QED) is 0.843. The van der Waals surface area contributed by atoms with E-state index in [9.17, 15) is 13.2 Å². The van der Waals surface area contributed by atoms with Crippen LogP contribution < -0.4 is 19.9 Å². The Hall–Kier alpha value is -1.93. The summed E-state index contributed by atoms with van der Waals surface area (Å²) in [5.41, 5.74) is 5.29. The molecule has 2 N–H and O–H groups in total. The fourth-order valence-electron chi connectivity index (χ4n) is 0.968. The van der Waals surface area contributed by atoms with E-state index in [1.165, 1.54) is 14.2 Å². The number of nitrogens with zero attached hydrogens (tertiary/aromatic N) is 2. The van der Waals surface area contributed by atoms with Gasteiger partial charge >= 0.3 is 6.43 Å². The highest BCUT2D eigenvalue weighted by molar-refractivity contribution is 5.46. The minimum Gasteiger partial charge on any atom is -0.478 e. The molecule has 0 aliphatic rings. The number of alkyl halides is 3. The second-order valence-electron chi connectivity index (χ2n) is 2.73. The molecule has 0 spiro atoms. The lowest BCUT2D eigenvalue weighted by atomic mass is 10.5. The lowest BCUT2D eigenvalue weighted by Gasteiger charge is -2.14. The molecule has 9 heteroatoms. The predicted octanol–water partition coefficient (Wildman–Crippen LogP) is 1.02. The van der Waals surface area contributed by atoms with Crippen LogP contribution in [0, 0.1) is 0 Å². The fraction of sp³-hybridized carbons (Fsp3) is 0.500. The highest BCUT2D eigenvalue weighted by Gasteiger charge is 2.26. The van der Waals surface area contributed by atoms with Crippen molar-refractivity contribution in [1.82, 2.24) is 9.97 Å². The first-order valence-corrected chi connectivity index (χ1v) is 4.34. The van der Waals surface area contributed by atoms with Crippen LogP contribution in [0.3, 0.4) is 0 Å². The second-order valence-corrected chi connectivity index (χ2v) is 2.73. The number of hydrogen-bond acceptors (Lipinski definition) is 6. The van der Waals surface area contributed by atoms with Crippen LogP contribution in [0.1, 0.15) is 0 Å². The van der Waals surface area contributed by atoms with Crippen LogP contribution in [0.2, 0.25) is 0 Å². The Bertz CT molecular complexity index is 367. The van der Waals surface area contributed by atoms with E-state index in [-0.39, 0.29) is 17.7 Å². The zero-order chi connectivity index (χ0) is 13.0. The van der Waals surface area contributed by atoms with Gasteiger partial charge in [0, 0.05) is 0 Å². The molecule has 0 bridgehead atoms. The number of anilines is 1. The molecule has 0 amide bonds. The molecule has 1 rings (SSSR count). The Morgan fingerprint density at radius 3 is 1.88 bits per heavy atom. The number of aromatic nitrogens is 2. The van der Waals surface area contributed by atoms with Gasteiger partial charge in [0.15, 0.2) is 0 Å². The monoisotopic (exact) mass is 253 g/mol. The normalized spacial score (nSPS) is 12.4. The molecule has 96 valence electrons. The van der Waals surface area contributed by atoms with Crippen molar-refractivity contribution in [2.75, 3.05) is 20.0 Å². The van der Waals surface area contributed by atoms with Gasteiger partial charge in [-0.3, -0.25) is 0 Å². The molecule has 0 saturated heterocycles. The number of nitrogens with two attached hydrogens (primary N) is 1. The first-order chi connectivity index (χ1) is 7.99. The van der Waals surface area contributed by atoms with Crippen molar-refractivity contribution in [3.05, 3.63) is 0 Å². The third kappa shape index (κ3) is 3.02. The lowest BCUT2D eigenvalue weighted by molar-refractivity contribution is -0.0692. The maximum atomic E-state index is 12.8. The highest BCUT2D eigenvalue weighted by Crippen LogP contribution is 2.35.